The van der Waals surface area contributed by atoms with E-state index in [1.807, 2.05) is 24.0 Å². The van der Waals surface area contributed by atoms with E-state index in [0.29, 0.717) is 13.2 Å². The van der Waals surface area contributed by atoms with Crippen LogP contribution in [0.3, 0.4) is 0 Å². The number of allylic oxidation sites excluding steroid dienone is 1. The van der Waals surface area contributed by atoms with Gasteiger partial charge in [0.1, 0.15) is 12.5 Å². The summed E-state index contributed by atoms with van der Waals surface area (Å²) in [6.07, 6.45) is 3.61. The lowest BCUT2D eigenvalue weighted by molar-refractivity contribution is -0.166. The van der Waals surface area contributed by atoms with Crippen LogP contribution in [0.4, 0.5) is 0 Å². The standard InChI is InChI=1S/C20H20N2O3/c1-2-11-10-25-20(24)17-14(11)9-16-18-13(7-8-22(16)19(17)23)12-5-3-4-6-15(12)21-18/h2-6,14,16-17,21H,7-10H2,1H3/b11-2-/t14-,16-,17+/m0/s1. The fourth-order valence-corrected chi connectivity index (χ4v) is 4.83. The molecule has 1 N–H and O–H groups in total. The van der Waals surface area contributed by atoms with Crippen LogP contribution >= 0.6 is 0 Å². The van der Waals surface area contributed by atoms with Gasteiger partial charge in [-0.05, 0) is 37.0 Å². The molecule has 0 spiro atoms. The van der Waals surface area contributed by atoms with E-state index in [1.165, 1.54) is 10.9 Å². The zero-order chi connectivity index (χ0) is 17.1. The smallest absolute Gasteiger partial charge is 0.319 e. The van der Waals surface area contributed by atoms with Crippen LogP contribution < -0.4 is 0 Å². The highest BCUT2D eigenvalue weighted by molar-refractivity contribution is 6.00. The van der Waals surface area contributed by atoms with E-state index in [2.05, 4.69) is 23.2 Å². The Morgan fingerprint density at radius 1 is 1.28 bits per heavy atom. The molecule has 3 atom stereocenters. The number of aromatic amines is 1. The minimum Gasteiger partial charge on any atom is -0.461 e. The lowest BCUT2D eigenvalue weighted by atomic mass is 9.73. The van der Waals surface area contributed by atoms with E-state index >= 15 is 0 Å². The summed E-state index contributed by atoms with van der Waals surface area (Å²) in [7, 11) is 0. The molecule has 1 aromatic carbocycles. The molecule has 25 heavy (non-hydrogen) atoms. The zero-order valence-corrected chi connectivity index (χ0v) is 14.1. The molecular weight excluding hydrogens is 316 g/mol. The molecule has 0 radical (unpaired) electrons. The summed E-state index contributed by atoms with van der Waals surface area (Å²) in [4.78, 5) is 30.8. The predicted octanol–water partition coefficient (Wildman–Crippen LogP) is 2.73. The third-order valence-corrected chi connectivity index (χ3v) is 6.07. The number of fused-ring (bicyclic) bond motifs is 6. The topological polar surface area (TPSA) is 62.4 Å². The number of H-pyrrole nitrogens is 1. The molecule has 0 bridgehead atoms. The van der Waals surface area contributed by atoms with Crippen LogP contribution in [-0.4, -0.2) is 34.9 Å². The summed E-state index contributed by atoms with van der Waals surface area (Å²) in [5.41, 5.74) is 4.66. The highest BCUT2D eigenvalue weighted by Crippen LogP contribution is 2.47. The number of nitrogens with zero attached hydrogens (tertiary/aromatic N) is 1. The number of hydrogen-bond donors (Lipinski definition) is 1. The van der Waals surface area contributed by atoms with Crippen molar-refractivity contribution in [3.05, 3.63) is 47.2 Å². The maximum absolute atomic E-state index is 13.1. The van der Waals surface area contributed by atoms with E-state index in [9.17, 15) is 9.59 Å². The number of aromatic nitrogens is 1. The minimum atomic E-state index is -0.665. The summed E-state index contributed by atoms with van der Waals surface area (Å²) in [6.45, 7) is 2.94. The Balaban J connectivity index is 1.62. The van der Waals surface area contributed by atoms with Gasteiger partial charge >= 0.3 is 5.97 Å². The number of rotatable bonds is 0. The molecule has 2 saturated heterocycles. The lowest BCUT2D eigenvalue weighted by Gasteiger charge is -2.47. The summed E-state index contributed by atoms with van der Waals surface area (Å²) < 4.78 is 5.26. The Morgan fingerprint density at radius 3 is 2.96 bits per heavy atom. The number of hydrogen-bond acceptors (Lipinski definition) is 3. The number of benzene rings is 1. The number of esters is 1. The normalized spacial score (nSPS) is 30.0. The largest absolute Gasteiger partial charge is 0.461 e. The van der Waals surface area contributed by atoms with Gasteiger partial charge in [-0.15, -0.1) is 0 Å². The zero-order valence-electron chi connectivity index (χ0n) is 14.1. The molecule has 3 aliphatic rings. The first-order valence-electron chi connectivity index (χ1n) is 8.90. The highest BCUT2D eigenvalue weighted by Gasteiger charge is 2.51. The summed E-state index contributed by atoms with van der Waals surface area (Å²) >= 11 is 0. The minimum absolute atomic E-state index is 0.0192. The highest BCUT2D eigenvalue weighted by atomic mass is 16.5. The fraction of sp³-hybridized carbons (Fsp3) is 0.400. The number of cyclic esters (lactones) is 1. The molecule has 2 aromatic rings. The number of para-hydroxylation sites is 1. The van der Waals surface area contributed by atoms with Crippen LogP contribution in [0.1, 0.15) is 30.6 Å². The molecule has 1 amide bonds. The molecule has 5 nitrogen and oxygen atoms in total. The van der Waals surface area contributed by atoms with Gasteiger partial charge in [-0.2, -0.15) is 0 Å². The molecule has 4 heterocycles. The summed E-state index contributed by atoms with van der Waals surface area (Å²) in [6, 6.07) is 8.33. The Kier molecular flexibility index (Phi) is 3.08. The van der Waals surface area contributed by atoms with Gasteiger partial charge in [-0.1, -0.05) is 24.3 Å². The first-order chi connectivity index (χ1) is 12.2. The second-order valence-electron chi connectivity index (χ2n) is 7.15. The Hall–Kier alpha value is -2.56. The molecule has 0 saturated carbocycles. The van der Waals surface area contributed by atoms with Gasteiger partial charge in [0, 0.05) is 29.1 Å². The van der Waals surface area contributed by atoms with Crippen molar-refractivity contribution in [1.82, 2.24) is 9.88 Å². The molecule has 1 aromatic heterocycles. The van der Waals surface area contributed by atoms with Crippen LogP contribution in [0.15, 0.2) is 35.9 Å². The number of ether oxygens (including phenoxy) is 1. The van der Waals surface area contributed by atoms with Crippen molar-refractivity contribution in [1.29, 1.82) is 0 Å². The molecule has 5 rings (SSSR count). The number of piperidine rings is 1. The van der Waals surface area contributed by atoms with Crippen LogP contribution in [0.2, 0.25) is 0 Å². The van der Waals surface area contributed by atoms with Crippen molar-refractivity contribution >= 4 is 22.8 Å². The van der Waals surface area contributed by atoms with Crippen LogP contribution in [0.5, 0.6) is 0 Å². The SMILES string of the molecule is C/C=C1/COC(=O)[C@H]2C(=O)N3CCc4c([nH]c5ccccc45)[C@@H]3C[C@@H]12. The molecule has 0 aliphatic carbocycles. The van der Waals surface area contributed by atoms with Crippen molar-refractivity contribution in [2.75, 3.05) is 13.2 Å². The molecule has 3 aliphatic heterocycles. The van der Waals surface area contributed by atoms with Gasteiger partial charge in [0.25, 0.3) is 0 Å². The number of nitrogens with one attached hydrogen (secondary N) is 1. The number of amides is 1. The van der Waals surface area contributed by atoms with E-state index in [4.69, 9.17) is 4.74 Å². The Bertz CT molecular complexity index is 926. The molecule has 5 heteroatoms. The number of carbonyl (C=O) groups is 2. The van der Waals surface area contributed by atoms with Crippen molar-refractivity contribution in [2.45, 2.75) is 25.8 Å². The third-order valence-electron chi connectivity index (χ3n) is 6.07. The van der Waals surface area contributed by atoms with E-state index in [0.717, 1.165) is 29.6 Å². The lowest BCUT2D eigenvalue weighted by Crippen LogP contribution is -2.55. The monoisotopic (exact) mass is 336 g/mol. The third kappa shape index (κ3) is 1.95. The quantitative estimate of drug-likeness (QED) is 0.457. The van der Waals surface area contributed by atoms with Crippen molar-refractivity contribution in [2.24, 2.45) is 11.8 Å². The van der Waals surface area contributed by atoms with E-state index in [-0.39, 0.29) is 23.8 Å². The van der Waals surface area contributed by atoms with Gasteiger partial charge in [0.05, 0.1) is 6.04 Å². The van der Waals surface area contributed by atoms with E-state index in [1.54, 1.807) is 0 Å². The molecule has 0 unspecified atom stereocenters. The van der Waals surface area contributed by atoms with Crippen LogP contribution in [-0.2, 0) is 20.7 Å². The fourth-order valence-electron chi connectivity index (χ4n) is 4.83. The van der Waals surface area contributed by atoms with Crippen molar-refractivity contribution in [3.8, 4) is 0 Å². The first kappa shape index (κ1) is 14.8. The molecule has 128 valence electrons. The summed E-state index contributed by atoms with van der Waals surface area (Å²) in [5, 5.41) is 1.25. The Morgan fingerprint density at radius 2 is 2.12 bits per heavy atom. The second-order valence-corrected chi connectivity index (χ2v) is 7.15. The molecular formula is C20H20N2O3. The maximum Gasteiger partial charge on any atom is 0.319 e. The van der Waals surface area contributed by atoms with Crippen molar-refractivity contribution < 1.29 is 14.3 Å². The Labute approximate surface area is 145 Å². The van der Waals surface area contributed by atoms with Crippen LogP contribution in [0.25, 0.3) is 10.9 Å². The van der Waals surface area contributed by atoms with Crippen molar-refractivity contribution in [3.63, 3.8) is 0 Å². The average Bonchev–Trinajstić information content (AvgIpc) is 3.01. The average molecular weight is 336 g/mol. The summed E-state index contributed by atoms with van der Waals surface area (Å²) in [5.74, 6) is -1.14. The maximum atomic E-state index is 13.1. The van der Waals surface area contributed by atoms with Gasteiger partial charge in [-0.25, -0.2) is 0 Å². The van der Waals surface area contributed by atoms with Gasteiger partial charge in [0.2, 0.25) is 5.91 Å². The predicted molar refractivity (Wildman–Crippen MR) is 92.8 cm³/mol. The van der Waals surface area contributed by atoms with Gasteiger partial charge < -0.3 is 14.6 Å². The first-order valence-corrected chi connectivity index (χ1v) is 8.90. The van der Waals surface area contributed by atoms with Gasteiger partial charge in [0.15, 0.2) is 0 Å². The second kappa shape index (κ2) is 5.22. The number of carbonyl (C=O) groups excluding carboxylic acids is 2. The van der Waals surface area contributed by atoms with Gasteiger partial charge in [-0.3, -0.25) is 9.59 Å². The van der Waals surface area contributed by atoms with E-state index < -0.39 is 5.92 Å². The van der Waals surface area contributed by atoms with Crippen LogP contribution in [0, 0.1) is 11.8 Å². The molecule has 2 fully saturated rings.